The third kappa shape index (κ3) is 5.37. The molecule has 1 fully saturated rings. The molecule has 4 aromatic rings. The summed E-state index contributed by atoms with van der Waals surface area (Å²) >= 11 is 0. The molecule has 1 aliphatic rings. The molecule has 0 radical (unpaired) electrons. The van der Waals surface area contributed by atoms with Crippen LogP contribution < -0.4 is 14.8 Å². The average molecular weight is 471 g/mol. The molecule has 1 saturated carbocycles. The van der Waals surface area contributed by atoms with E-state index in [0.717, 1.165) is 39.3 Å². The van der Waals surface area contributed by atoms with Gasteiger partial charge in [-0.05, 0) is 73.0 Å². The van der Waals surface area contributed by atoms with Gasteiger partial charge in [0.15, 0.2) is 0 Å². The molecule has 35 heavy (non-hydrogen) atoms. The molecule has 0 aliphatic heterocycles. The van der Waals surface area contributed by atoms with Gasteiger partial charge in [0.25, 0.3) is 0 Å². The van der Waals surface area contributed by atoms with Gasteiger partial charge in [-0.3, -0.25) is 0 Å². The normalized spacial score (nSPS) is 15.3. The number of ether oxygens (including phenoxy) is 2. The van der Waals surface area contributed by atoms with Crippen LogP contribution >= 0.6 is 0 Å². The average Bonchev–Trinajstić information content (AvgIpc) is 3.32. The summed E-state index contributed by atoms with van der Waals surface area (Å²) in [5.41, 5.74) is 4.31. The zero-order valence-electron chi connectivity index (χ0n) is 20.3. The second-order valence-corrected chi connectivity index (χ2v) is 9.33. The molecule has 5 nitrogen and oxygen atoms in total. The highest BCUT2D eigenvalue weighted by atomic mass is 16.5. The van der Waals surface area contributed by atoms with E-state index < -0.39 is 6.10 Å². The molecule has 3 aromatic carbocycles. The van der Waals surface area contributed by atoms with Gasteiger partial charge < -0.3 is 24.5 Å². The number of aliphatic hydroxyl groups excluding tert-OH is 1. The number of hydrogen-bond acceptors (Lipinski definition) is 4. The van der Waals surface area contributed by atoms with E-state index in [0.29, 0.717) is 12.6 Å². The van der Waals surface area contributed by atoms with Crippen molar-refractivity contribution in [2.75, 3.05) is 20.3 Å². The highest BCUT2D eigenvalue weighted by molar-refractivity contribution is 5.93. The van der Waals surface area contributed by atoms with E-state index in [2.05, 4.69) is 58.4 Å². The molecule has 0 bridgehead atoms. The van der Waals surface area contributed by atoms with Gasteiger partial charge in [-0.2, -0.15) is 0 Å². The van der Waals surface area contributed by atoms with Crippen LogP contribution in [0, 0.1) is 0 Å². The van der Waals surface area contributed by atoms with Crippen LogP contribution in [0.4, 0.5) is 0 Å². The van der Waals surface area contributed by atoms with E-state index in [9.17, 15) is 5.11 Å². The Morgan fingerprint density at radius 2 is 1.71 bits per heavy atom. The molecule has 182 valence electrons. The summed E-state index contributed by atoms with van der Waals surface area (Å²) in [6.45, 7) is 0.815. The fraction of sp³-hybridized carbons (Fsp3) is 0.333. The molecule has 0 amide bonds. The van der Waals surface area contributed by atoms with Crippen molar-refractivity contribution in [2.24, 2.45) is 0 Å². The summed E-state index contributed by atoms with van der Waals surface area (Å²) in [5.74, 6) is 1.61. The minimum Gasteiger partial charge on any atom is -0.497 e. The Labute approximate surface area is 207 Å². The molecular formula is C30H34N2O3. The zero-order valence-corrected chi connectivity index (χ0v) is 20.3. The summed E-state index contributed by atoms with van der Waals surface area (Å²) in [5, 5.41) is 15.1. The van der Waals surface area contributed by atoms with Crippen LogP contribution in [-0.4, -0.2) is 42.1 Å². The number of nitrogens with one attached hydrogen (secondary N) is 1. The number of nitrogens with zero attached hydrogens (tertiary/aromatic N) is 1. The molecule has 1 aromatic heterocycles. The third-order valence-electron chi connectivity index (χ3n) is 6.88. The smallest absolute Gasteiger partial charge is 0.128 e. The van der Waals surface area contributed by atoms with E-state index in [1.165, 1.54) is 32.1 Å². The van der Waals surface area contributed by atoms with Crippen molar-refractivity contribution in [3.63, 3.8) is 0 Å². The molecule has 1 aliphatic carbocycles. The fourth-order valence-electron chi connectivity index (χ4n) is 5.01. The first-order valence-electron chi connectivity index (χ1n) is 12.6. The Hall–Kier alpha value is -3.28. The highest BCUT2D eigenvalue weighted by Gasteiger charge is 2.18. The Morgan fingerprint density at radius 1 is 0.943 bits per heavy atom. The van der Waals surface area contributed by atoms with Gasteiger partial charge >= 0.3 is 0 Å². The molecule has 2 N–H and O–H groups in total. The summed E-state index contributed by atoms with van der Waals surface area (Å²) in [7, 11) is 1.68. The van der Waals surface area contributed by atoms with Gasteiger partial charge in [-0.15, -0.1) is 0 Å². The van der Waals surface area contributed by atoms with Gasteiger partial charge in [0.2, 0.25) is 0 Å². The van der Waals surface area contributed by atoms with Gasteiger partial charge in [0.1, 0.15) is 24.2 Å². The lowest BCUT2D eigenvalue weighted by Crippen LogP contribution is -2.38. The van der Waals surface area contributed by atoms with Crippen molar-refractivity contribution in [1.82, 2.24) is 9.88 Å². The summed E-state index contributed by atoms with van der Waals surface area (Å²) in [6.07, 6.45) is 5.74. The highest BCUT2D eigenvalue weighted by Crippen LogP contribution is 2.36. The van der Waals surface area contributed by atoms with Crippen molar-refractivity contribution in [1.29, 1.82) is 0 Å². The Kier molecular flexibility index (Phi) is 7.36. The number of methoxy groups -OCH3 is 1. The van der Waals surface area contributed by atoms with E-state index in [1.54, 1.807) is 7.11 Å². The number of benzene rings is 3. The molecule has 0 saturated heterocycles. The lowest BCUT2D eigenvalue weighted by atomic mass is 9.95. The van der Waals surface area contributed by atoms with E-state index in [-0.39, 0.29) is 6.61 Å². The largest absolute Gasteiger partial charge is 0.497 e. The lowest BCUT2D eigenvalue weighted by Gasteiger charge is -2.24. The minimum atomic E-state index is -0.551. The van der Waals surface area contributed by atoms with Crippen LogP contribution in [0.3, 0.4) is 0 Å². The minimum absolute atomic E-state index is 0.257. The Bertz CT molecular complexity index is 1230. The predicted octanol–water partition coefficient (Wildman–Crippen LogP) is 5.97. The molecule has 0 spiro atoms. The number of para-hydroxylation sites is 1. The lowest BCUT2D eigenvalue weighted by molar-refractivity contribution is 0.102. The number of hydrogen-bond donors (Lipinski definition) is 2. The van der Waals surface area contributed by atoms with E-state index in [4.69, 9.17) is 9.47 Å². The second kappa shape index (κ2) is 11.0. The Morgan fingerprint density at radius 3 is 2.46 bits per heavy atom. The molecule has 1 heterocycles. The predicted molar refractivity (Wildman–Crippen MR) is 142 cm³/mol. The quantitative estimate of drug-likeness (QED) is 0.317. The fourth-order valence-corrected chi connectivity index (χ4v) is 5.01. The van der Waals surface area contributed by atoms with Gasteiger partial charge in [0.05, 0.1) is 18.3 Å². The first-order valence-corrected chi connectivity index (χ1v) is 12.6. The first-order chi connectivity index (χ1) is 17.2. The van der Waals surface area contributed by atoms with Crippen molar-refractivity contribution in [3.8, 4) is 28.4 Å². The maximum absolute atomic E-state index is 10.6. The van der Waals surface area contributed by atoms with E-state index in [1.807, 2.05) is 30.3 Å². The number of aromatic nitrogens is 1. The van der Waals surface area contributed by atoms with Crippen LogP contribution in [0.1, 0.15) is 32.1 Å². The third-order valence-corrected chi connectivity index (χ3v) is 6.88. The molecule has 1 unspecified atom stereocenters. The SMILES string of the molecule is COc1ccc(-c2cc3c(OCC(O)CNC4CCCCC4)cccc3n2-c2ccccc2)cc1. The van der Waals surface area contributed by atoms with Crippen molar-refractivity contribution in [2.45, 2.75) is 44.2 Å². The first kappa shape index (κ1) is 23.5. The van der Waals surface area contributed by atoms with Crippen LogP contribution in [0.5, 0.6) is 11.5 Å². The van der Waals surface area contributed by atoms with Crippen LogP contribution in [-0.2, 0) is 0 Å². The topological polar surface area (TPSA) is 55.6 Å². The van der Waals surface area contributed by atoms with Crippen LogP contribution in [0.25, 0.3) is 27.8 Å². The van der Waals surface area contributed by atoms with Crippen molar-refractivity contribution < 1.29 is 14.6 Å². The molecule has 5 rings (SSSR count). The van der Waals surface area contributed by atoms with Crippen LogP contribution in [0.2, 0.25) is 0 Å². The van der Waals surface area contributed by atoms with Crippen LogP contribution in [0.15, 0.2) is 78.9 Å². The van der Waals surface area contributed by atoms with Gasteiger partial charge in [-0.1, -0.05) is 43.5 Å². The Balaban J connectivity index is 1.42. The number of fused-ring (bicyclic) bond motifs is 1. The summed E-state index contributed by atoms with van der Waals surface area (Å²) in [4.78, 5) is 0. The summed E-state index contributed by atoms with van der Waals surface area (Å²) < 4.78 is 13.8. The molecular weight excluding hydrogens is 436 g/mol. The monoisotopic (exact) mass is 470 g/mol. The van der Waals surface area contributed by atoms with Crippen molar-refractivity contribution in [3.05, 3.63) is 78.9 Å². The standard InChI is InChI=1S/C30H34N2O3/c1-34-26-17-15-22(16-18-26)29-19-27-28(32(29)24-11-6-3-7-12-24)13-8-14-30(27)35-21-25(33)20-31-23-9-4-2-5-10-23/h3,6-8,11-19,23,25,31,33H,2,4-5,9-10,20-21H2,1H3. The van der Waals surface area contributed by atoms with E-state index >= 15 is 0 Å². The molecule has 1 atom stereocenters. The van der Waals surface area contributed by atoms with Gasteiger partial charge in [-0.25, -0.2) is 0 Å². The second-order valence-electron chi connectivity index (χ2n) is 9.33. The number of aliphatic hydroxyl groups is 1. The van der Waals surface area contributed by atoms with Gasteiger partial charge in [0, 0.05) is 23.7 Å². The summed E-state index contributed by atoms with van der Waals surface area (Å²) in [6, 6.07) is 27.3. The molecule has 5 heteroatoms. The maximum atomic E-state index is 10.6. The zero-order chi connectivity index (χ0) is 24.0. The maximum Gasteiger partial charge on any atom is 0.128 e. The number of rotatable bonds is 9. The van der Waals surface area contributed by atoms with Crippen molar-refractivity contribution >= 4 is 10.9 Å².